The molecule has 0 fully saturated rings. The van der Waals surface area contributed by atoms with Gasteiger partial charge in [0.25, 0.3) is 5.91 Å². The number of carbonyl (C=O) groups is 2. The van der Waals surface area contributed by atoms with Gasteiger partial charge >= 0.3 is 0 Å². The molecule has 0 radical (unpaired) electrons. The number of benzene rings is 2. The van der Waals surface area contributed by atoms with Gasteiger partial charge in [0, 0.05) is 16.3 Å². The maximum atomic E-state index is 12.7. The number of amides is 2. The Kier molecular flexibility index (Phi) is 7.54. The Balaban J connectivity index is 2.09. The molecule has 0 spiro atoms. The molecule has 138 valence electrons. The summed E-state index contributed by atoms with van der Waals surface area (Å²) in [6.45, 7) is 4.02. The molecule has 0 aliphatic rings. The van der Waals surface area contributed by atoms with Gasteiger partial charge in [-0.15, -0.1) is 0 Å². The van der Waals surface area contributed by atoms with E-state index in [9.17, 15) is 9.59 Å². The number of hydrogen-bond acceptors (Lipinski definition) is 3. The SMILES string of the molecule is CSCC[C@@H](NC(=O)c1ccc(Cl)cc1)C(=O)Nc1ccc(C)c(C)c1. The van der Waals surface area contributed by atoms with E-state index in [4.69, 9.17) is 11.6 Å². The lowest BCUT2D eigenvalue weighted by Crippen LogP contribution is -2.44. The number of carbonyl (C=O) groups excluding carboxylic acids is 2. The second kappa shape index (κ2) is 9.64. The van der Waals surface area contributed by atoms with Gasteiger partial charge in [0.1, 0.15) is 6.04 Å². The van der Waals surface area contributed by atoms with Crippen molar-refractivity contribution in [3.8, 4) is 0 Å². The molecule has 2 amide bonds. The number of thioether (sulfide) groups is 1. The van der Waals surface area contributed by atoms with Crippen molar-refractivity contribution in [1.82, 2.24) is 5.32 Å². The predicted octanol–water partition coefficient (Wildman–Crippen LogP) is 4.45. The minimum absolute atomic E-state index is 0.218. The first-order valence-electron chi connectivity index (χ1n) is 8.34. The fourth-order valence-electron chi connectivity index (χ4n) is 2.40. The molecule has 0 heterocycles. The smallest absolute Gasteiger partial charge is 0.251 e. The molecule has 4 nitrogen and oxygen atoms in total. The van der Waals surface area contributed by atoms with E-state index in [-0.39, 0.29) is 11.8 Å². The van der Waals surface area contributed by atoms with Crippen molar-refractivity contribution in [2.75, 3.05) is 17.3 Å². The van der Waals surface area contributed by atoms with Crippen molar-refractivity contribution in [3.63, 3.8) is 0 Å². The van der Waals surface area contributed by atoms with E-state index in [1.54, 1.807) is 36.0 Å². The average Bonchev–Trinajstić information content (AvgIpc) is 2.62. The lowest BCUT2D eigenvalue weighted by molar-refractivity contribution is -0.118. The lowest BCUT2D eigenvalue weighted by Gasteiger charge is -2.18. The van der Waals surface area contributed by atoms with Crippen LogP contribution in [0.4, 0.5) is 5.69 Å². The first kappa shape index (κ1) is 20.3. The van der Waals surface area contributed by atoms with Crippen molar-refractivity contribution in [2.45, 2.75) is 26.3 Å². The number of halogens is 1. The van der Waals surface area contributed by atoms with Crippen LogP contribution in [-0.2, 0) is 4.79 Å². The third-order valence-electron chi connectivity index (χ3n) is 4.11. The number of rotatable bonds is 7. The third kappa shape index (κ3) is 5.78. The summed E-state index contributed by atoms with van der Waals surface area (Å²) >= 11 is 7.49. The molecular formula is C20H23ClN2O2S. The summed E-state index contributed by atoms with van der Waals surface area (Å²) in [6.07, 6.45) is 2.52. The van der Waals surface area contributed by atoms with Crippen LogP contribution < -0.4 is 10.6 Å². The minimum Gasteiger partial charge on any atom is -0.340 e. The highest BCUT2D eigenvalue weighted by Gasteiger charge is 2.21. The highest BCUT2D eigenvalue weighted by molar-refractivity contribution is 7.98. The third-order valence-corrected chi connectivity index (χ3v) is 5.01. The van der Waals surface area contributed by atoms with Crippen LogP contribution in [-0.4, -0.2) is 29.9 Å². The van der Waals surface area contributed by atoms with Gasteiger partial charge in [0.15, 0.2) is 0 Å². The maximum Gasteiger partial charge on any atom is 0.251 e. The van der Waals surface area contributed by atoms with Crippen LogP contribution in [0.2, 0.25) is 5.02 Å². The van der Waals surface area contributed by atoms with Crippen molar-refractivity contribution in [2.24, 2.45) is 0 Å². The molecule has 1 atom stereocenters. The van der Waals surface area contributed by atoms with Gasteiger partial charge in [-0.05, 0) is 79.8 Å². The Morgan fingerprint density at radius 3 is 2.38 bits per heavy atom. The summed E-state index contributed by atoms with van der Waals surface area (Å²) in [5, 5.41) is 6.29. The molecule has 0 saturated heterocycles. The van der Waals surface area contributed by atoms with E-state index in [1.807, 2.05) is 38.3 Å². The van der Waals surface area contributed by atoms with E-state index in [0.29, 0.717) is 17.0 Å². The van der Waals surface area contributed by atoms with E-state index in [0.717, 1.165) is 22.6 Å². The van der Waals surface area contributed by atoms with Gasteiger partial charge in [-0.1, -0.05) is 17.7 Å². The second-order valence-corrected chi connectivity index (χ2v) is 7.52. The molecule has 6 heteroatoms. The van der Waals surface area contributed by atoms with Gasteiger partial charge in [0.2, 0.25) is 5.91 Å². The van der Waals surface area contributed by atoms with Gasteiger partial charge in [-0.3, -0.25) is 9.59 Å². The number of aryl methyl sites for hydroxylation is 2. The summed E-state index contributed by atoms with van der Waals surface area (Å²) < 4.78 is 0. The molecule has 0 aliphatic carbocycles. The van der Waals surface area contributed by atoms with E-state index in [2.05, 4.69) is 10.6 Å². The predicted molar refractivity (Wildman–Crippen MR) is 110 cm³/mol. The van der Waals surface area contributed by atoms with E-state index in [1.165, 1.54) is 0 Å². The summed E-state index contributed by atoms with van der Waals surface area (Å²) in [7, 11) is 0. The summed E-state index contributed by atoms with van der Waals surface area (Å²) in [5.74, 6) is 0.263. The Bertz CT molecular complexity index is 778. The lowest BCUT2D eigenvalue weighted by atomic mass is 10.1. The molecule has 0 saturated carbocycles. The Morgan fingerprint density at radius 2 is 1.77 bits per heavy atom. The molecule has 2 aromatic carbocycles. The fraction of sp³-hybridized carbons (Fsp3) is 0.300. The molecule has 0 unspecified atom stereocenters. The highest BCUT2D eigenvalue weighted by atomic mass is 35.5. The number of nitrogens with one attached hydrogen (secondary N) is 2. The van der Waals surface area contributed by atoms with Crippen LogP contribution in [0.15, 0.2) is 42.5 Å². The van der Waals surface area contributed by atoms with Crippen LogP contribution >= 0.6 is 23.4 Å². The first-order chi connectivity index (χ1) is 12.4. The monoisotopic (exact) mass is 390 g/mol. The van der Waals surface area contributed by atoms with E-state index < -0.39 is 6.04 Å². The zero-order chi connectivity index (χ0) is 19.1. The molecule has 2 N–H and O–H groups in total. The van der Waals surface area contributed by atoms with Gasteiger partial charge in [0.05, 0.1) is 0 Å². The zero-order valence-corrected chi connectivity index (χ0v) is 16.7. The molecule has 26 heavy (non-hydrogen) atoms. The van der Waals surface area contributed by atoms with Crippen molar-refractivity contribution in [1.29, 1.82) is 0 Å². The number of hydrogen-bond donors (Lipinski definition) is 2. The Hall–Kier alpha value is -1.98. The maximum absolute atomic E-state index is 12.7. The van der Waals surface area contributed by atoms with E-state index >= 15 is 0 Å². The molecule has 2 aromatic rings. The molecular weight excluding hydrogens is 368 g/mol. The quantitative estimate of drug-likeness (QED) is 0.734. The average molecular weight is 391 g/mol. The van der Waals surface area contributed by atoms with Crippen LogP contribution in [0, 0.1) is 13.8 Å². The Labute approximate surface area is 163 Å². The highest BCUT2D eigenvalue weighted by Crippen LogP contribution is 2.15. The summed E-state index contributed by atoms with van der Waals surface area (Å²) in [4.78, 5) is 25.1. The van der Waals surface area contributed by atoms with Crippen LogP contribution in [0.25, 0.3) is 0 Å². The molecule has 0 aromatic heterocycles. The zero-order valence-electron chi connectivity index (χ0n) is 15.1. The van der Waals surface area contributed by atoms with Gasteiger partial charge in [-0.2, -0.15) is 11.8 Å². The second-order valence-electron chi connectivity index (χ2n) is 6.10. The largest absolute Gasteiger partial charge is 0.340 e. The minimum atomic E-state index is -0.604. The number of anilines is 1. The van der Waals surface area contributed by atoms with Crippen LogP contribution in [0.1, 0.15) is 27.9 Å². The molecule has 2 rings (SSSR count). The molecule has 0 aliphatic heterocycles. The normalized spacial score (nSPS) is 11.7. The standard InChI is InChI=1S/C20H23ClN2O2S/c1-13-4-9-17(12-14(13)2)22-20(25)18(10-11-26-3)23-19(24)15-5-7-16(21)8-6-15/h4-9,12,18H,10-11H2,1-3H3,(H,22,25)(H,23,24)/t18-/m1/s1. The van der Waals surface area contributed by atoms with Crippen molar-refractivity contribution in [3.05, 3.63) is 64.2 Å². The molecule has 0 bridgehead atoms. The topological polar surface area (TPSA) is 58.2 Å². The van der Waals surface area contributed by atoms with Crippen molar-refractivity contribution < 1.29 is 9.59 Å². The fourth-order valence-corrected chi connectivity index (χ4v) is 2.99. The van der Waals surface area contributed by atoms with Crippen LogP contribution in [0.5, 0.6) is 0 Å². The van der Waals surface area contributed by atoms with Crippen molar-refractivity contribution >= 4 is 40.9 Å². The first-order valence-corrected chi connectivity index (χ1v) is 10.1. The Morgan fingerprint density at radius 1 is 1.08 bits per heavy atom. The van der Waals surface area contributed by atoms with Gasteiger partial charge in [-0.25, -0.2) is 0 Å². The van der Waals surface area contributed by atoms with Crippen LogP contribution in [0.3, 0.4) is 0 Å². The summed E-state index contributed by atoms with van der Waals surface area (Å²) in [5.41, 5.74) is 3.47. The summed E-state index contributed by atoms with van der Waals surface area (Å²) in [6, 6.07) is 11.8. The van der Waals surface area contributed by atoms with Gasteiger partial charge < -0.3 is 10.6 Å².